The van der Waals surface area contributed by atoms with E-state index in [1.54, 1.807) is 6.08 Å². The molecule has 0 aromatic rings. The van der Waals surface area contributed by atoms with Gasteiger partial charge in [-0.2, -0.15) is 0 Å². The molecule has 1 aliphatic rings. The van der Waals surface area contributed by atoms with Gasteiger partial charge in [-0.3, -0.25) is 9.59 Å². The summed E-state index contributed by atoms with van der Waals surface area (Å²) in [5.41, 5.74) is 0.763. The van der Waals surface area contributed by atoms with Crippen molar-refractivity contribution in [3.63, 3.8) is 0 Å². The minimum absolute atomic E-state index is 0.0600. The molecule has 0 heterocycles. The van der Waals surface area contributed by atoms with Crippen LogP contribution in [-0.4, -0.2) is 28.1 Å². The lowest BCUT2D eigenvalue weighted by Crippen LogP contribution is -2.19. The first-order valence-corrected chi connectivity index (χ1v) is 6.85. The van der Waals surface area contributed by atoms with Gasteiger partial charge in [0.05, 0.1) is 12.5 Å². The molecule has 0 saturated carbocycles. The van der Waals surface area contributed by atoms with Gasteiger partial charge in [-0.15, -0.1) is 0 Å². The summed E-state index contributed by atoms with van der Waals surface area (Å²) in [6, 6.07) is 0. The van der Waals surface area contributed by atoms with Crippen molar-refractivity contribution in [2.24, 2.45) is 5.92 Å². The monoisotopic (exact) mass is 266 g/mol. The Balaban J connectivity index is 2.50. The van der Waals surface area contributed by atoms with Crippen molar-refractivity contribution in [2.45, 2.75) is 51.6 Å². The van der Waals surface area contributed by atoms with Crippen molar-refractivity contribution in [2.75, 3.05) is 0 Å². The van der Waals surface area contributed by atoms with E-state index in [0.29, 0.717) is 12.8 Å². The van der Waals surface area contributed by atoms with Crippen LogP contribution in [0.3, 0.4) is 0 Å². The number of carboxylic acids is 1. The largest absolute Gasteiger partial charge is 0.481 e. The first kappa shape index (κ1) is 15.6. The Bertz CT molecular complexity index is 382. The zero-order valence-electron chi connectivity index (χ0n) is 11.3. The van der Waals surface area contributed by atoms with Crippen molar-refractivity contribution < 1.29 is 19.8 Å². The SMILES string of the molecule is CCCCCC(=O)C=CC1=CC[C@@H](O)[C@@H]1CC(=O)O. The predicted molar refractivity (Wildman–Crippen MR) is 72.7 cm³/mol. The molecule has 0 bridgehead atoms. The summed E-state index contributed by atoms with van der Waals surface area (Å²) in [6.45, 7) is 2.08. The van der Waals surface area contributed by atoms with Gasteiger partial charge in [0.25, 0.3) is 0 Å². The van der Waals surface area contributed by atoms with Crippen LogP contribution < -0.4 is 0 Å². The second-order valence-corrected chi connectivity index (χ2v) is 4.97. The molecular formula is C15H22O4. The van der Waals surface area contributed by atoms with Gasteiger partial charge < -0.3 is 10.2 Å². The molecule has 106 valence electrons. The van der Waals surface area contributed by atoms with Gasteiger partial charge in [-0.1, -0.05) is 31.9 Å². The maximum absolute atomic E-state index is 11.6. The number of carbonyl (C=O) groups is 2. The zero-order valence-corrected chi connectivity index (χ0v) is 11.3. The van der Waals surface area contributed by atoms with Crippen LogP contribution >= 0.6 is 0 Å². The Labute approximate surface area is 113 Å². The maximum atomic E-state index is 11.6. The van der Waals surface area contributed by atoms with E-state index in [-0.39, 0.29) is 12.2 Å². The fraction of sp³-hybridized carbons (Fsp3) is 0.600. The summed E-state index contributed by atoms with van der Waals surface area (Å²) in [6.07, 6.45) is 8.25. The number of unbranched alkanes of at least 4 members (excludes halogenated alkanes) is 2. The Kier molecular flexibility index (Phi) is 6.50. The smallest absolute Gasteiger partial charge is 0.304 e. The number of aliphatic hydroxyl groups is 1. The normalized spacial score (nSPS) is 22.7. The molecule has 1 rings (SSSR count). The second kappa shape index (κ2) is 7.89. The number of aliphatic carboxylic acids is 1. The average Bonchev–Trinajstić information content (AvgIpc) is 2.68. The molecule has 0 unspecified atom stereocenters. The Morgan fingerprint density at radius 3 is 2.79 bits per heavy atom. The summed E-state index contributed by atoms with van der Waals surface area (Å²) in [5, 5.41) is 18.5. The molecule has 0 saturated heterocycles. The first-order valence-electron chi connectivity index (χ1n) is 6.85. The molecule has 4 heteroatoms. The molecule has 0 aliphatic heterocycles. The molecule has 2 N–H and O–H groups in total. The molecule has 0 amide bonds. The molecule has 0 spiro atoms. The lowest BCUT2D eigenvalue weighted by molar-refractivity contribution is -0.138. The van der Waals surface area contributed by atoms with E-state index in [0.717, 1.165) is 24.8 Å². The Morgan fingerprint density at radius 2 is 2.16 bits per heavy atom. The number of ketones is 1. The van der Waals surface area contributed by atoms with Gasteiger partial charge in [0.1, 0.15) is 0 Å². The molecule has 0 radical (unpaired) electrons. The number of hydrogen-bond donors (Lipinski definition) is 2. The molecule has 19 heavy (non-hydrogen) atoms. The van der Waals surface area contributed by atoms with E-state index in [4.69, 9.17) is 5.11 Å². The van der Waals surface area contributed by atoms with Crippen LogP contribution in [0.25, 0.3) is 0 Å². The van der Waals surface area contributed by atoms with Crippen LogP contribution in [0.5, 0.6) is 0 Å². The Morgan fingerprint density at radius 1 is 1.42 bits per heavy atom. The van der Waals surface area contributed by atoms with E-state index < -0.39 is 18.0 Å². The average molecular weight is 266 g/mol. The van der Waals surface area contributed by atoms with Crippen molar-refractivity contribution in [3.8, 4) is 0 Å². The molecule has 0 aromatic heterocycles. The van der Waals surface area contributed by atoms with Gasteiger partial charge in [0, 0.05) is 12.3 Å². The quantitative estimate of drug-likeness (QED) is 0.523. The number of carboxylic acid groups (broad SMARTS) is 1. The van der Waals surface area contributed by atoms with Crippen molar-refractivity contribution >= 4 is 11.8 Å². The first-order chi connectivity index (χ1) is 9.04. The molecule has 2 atom stereocenters. The summed E-state index contributed by atoms with van der Waals surface area (Å²) < 4.78 is 0. The summed E-state index contributed by atoms with van der Waals surface area (Å²) in [7, 11) is 0. The van der Waals surface area contributed by atoms with E-state index in [1.807, 2.05) is 6.08 Å². The Hall–Kier alpha value is -1.42. The standard InChI is InChI=1S/C15H22O4/c1-2-3-4-5-12(16)8-6-11-7-9-14(17)13(11)10-15(18)19/h6-8,13-14,17H,2-5,9-10H2,1H3,(H,18,19)/t13-,14-/m1/s1. The van der Waals surface area contributed by atoms with Crippen LogP contribution in [0.4, 0.5) is 0 Å². The highest BCUT2D eigenvalue weighted by Gasteiger charge is 2.28. The van der Waals surface area contributed by atoms with Crippen LogP contribution in [0.15, 0.2) is 23.8 Å². The highest BCUT2D eigenvalue weighted by molar-refractivity contribution is 5.90. The van der Waals surface area contributed by atoms with Crippen molar-refractivity contribution in [3.05, 3.63) is 23.8 Å². The number of allylic oxidation sites excluding steroid dienone is 2. The van der Waals surface area contributed by atoms with Crippen LogP contribution in [0, 0.1) is 5.92 Å². The van der Waals surface area contributed by atoms with E-state index in [9.17, 15) is 14.7 Å². The molecular weight excluding hydrogens is 244 g/mol. The third kappa shape index (κ3) is 5.39. The zero-order chi connectivity index (χ0) is 14.3. The highest BCUT2D eigenvalue weighted by Crippen LogP contribution is 2.30. The lowest BCUT2D eigenvalue weighted by Gasteiger charge is -2.14. The third-order valence-corrected chi connectivity index (χ3v) is 3.37. The molecule has 1 aliphatic carbocycles. The fourth-order valence-electron chi connectivity index (χ4n) is 2.25. The minimum Gasteiger partial charge on any atom is -0.481 e. The summed E-state index contributed by atoms with van der Waals surface area (Å²) in [5.74, 6) is -1.26. The molecule has 0 aromatic carbocycles. The van der Waals surface area contributed by atoms with Crippen molar-refractivity contribution in [1.29, 1.82) is 0 Å². The lowest BCUT2D eigenvalue weighted by atomic mass is 9.95. The van der Waals surface area contributed by atoms with Gasteiger partial charge in [-0.25, -0.2) is 0 Å². The molecule has 0 fully saturated rings. The topological polar surface area (TPSA) is 74.6 Å². The highest BCUT2D eigenvalue weighted by atomic mass is 16.4. The number of aliphatic hydroxyl groups excluding tert-OH is 1. The van der Waals surface area contributed by atoms with E-state index >= 15 is 0 Å². The molecule has 4 nitrogen and oxygen atoms in total. The minimum atomic E-state index is -0.931. The van der Waals surface area contributed by atoms with Crippen LogP contribution in [-0.2, 0) is 9.59 Å². The van der Waals surface area contributed by atoms with Crippen LogP contribution in [0.1, 0.15) is 45.4 Å². The predicted octanol–water partition coefficient (Wildman–Crippen LogP) is 2.47. The van der Waals surface area contributed by atoms with E-state index in [2.05, 4.69) is 6.92 Å². The summed E-state index contributed by atoms with van der Waals surface area (Å²) in [4.78, 5) is 22.3. The fourth-order valence-corrected chi connectivity index (χ4v) is 2.25. The maximum Gasteiger partial charge on any atom is 0.304 e. The van der Waals surface area contributed by atoms with Gasteiger partial charge >= 0.3 is 5.97 Å². The van der Waals surface area contributed by atoms with Gasteiger partial charge in [0.15, 0.2) is 5.78 Å². The number of rotatable bonds is 8. The third-order valence-electron chi connectivity index (χ3n) is 3.37. The van der Waals surface area contributed by atoms with Gasteiger partial charge in [-0.05, 0) is 24.5 Å². The van der Waals surface area contributed by atoms with Gasteiger partial charge in [0.2, 0.25) is 0 Å². The van der Waals surface area contributed by atoms with Crippen molar-refractivity contribution in [1.82, 2.24) is 0 Å². The summed E-state index contributed by atoms with van der Waals surface area (Å²) >= 11 is 0. The number of carbonyl (C=O) groups excluding carboxylic acids is 1. The number of hydrogen-bond acceptors (Lipinski definition) is 3. The second-order valence-electron chi connectivity index (χ2n) is 4.97. The van der Waals surface area contributed by atoms with E-state index in [1.165, 1.54) is 6.08 Å². The van der Waals surface area contributed by atoms with Crippen LogP contribution in [0.2, 0.25) is 0 Å².